The van der Waals surface area contributed by atoms with E-state index in [0.29, 0.717) is 12.8 Å². The largest absolute Gasteiger partial charge is 0.480 e. The van der Waals surface area contributed by atoms with Gasteiger partial charge in [-0.3, -0.25) is 4.79 Å². The lowest BCUT2D eigenvalue weighted by Gasteiger charge is -2.22. The highest BCUT2D eigenvalue weighted by Crippen LogP contribution is 2.09. The summed E-state index contributed by atoms with van der Waals surface area (Å²) in [5.74, 6) is -1.29. The lowest BCUT2D eigenvalue weighted by atomic mass is 10.0. The zero-order chi connectivity index (χ0) is 16.6. The Balaban J connectivity index is 4.30. The molecule has 0 aliphatic heterocycles. The molecule has 122 valence electrons. The van der Waals surface area contributed by atoms with Gasteiger partial charge in [0.2, 0.25) is 0 Å². The van der Waals surface area contributed by atoms with E-state index in [1.54, 1.807) is 20.8 Å². The van der Waals surface area contributed by atoms with Gasteiger partial charge in [0.1, 0.15) is 11.6 Å². The number of halogens is 1. The van der Waals surface area contributed by atoms with Crippen molar-refractivity contribution in [2.75, 3.05) is 5.33 Å². The van der Waals surface area contributed by atoms with E-state index in [9.17, 15) is 14.4 Å². The number of nitrogens with two attached hydrogens (primary N) is 1. The fourth-order valence-corrected chi connectivity index (χ4v) is 1.93. The first-order chi connectivity index (χ1) is 9.56. The van der Waals surface area contributed by atoms with Crippen LogP contribution in [0.15, 0.2) is 0 Å². The van der Waals surface area contributed by atoms with E-state index >= 15 is 0 Å². The van der Waals surface area contributed by atoms with E-state index in [-0.39, 0.29) is 17.5 Å². The number of carbonyl (C=O) groups excluding carboxylic acids is 2. The molecule has 0 fully saturated rings. The second-order valence-corrected chi connectivity index (χ2v) is 6.24. The van der Waals surface area contributed by atoms with Crippen LogP contribution in [-0.2, 0) is 14.3 Å². The van der Waals surface area contributed by atoms with Gasteiger partial charge in [0.05, 0.1) is 11.4 Å². The van der Waals surface area contributed by atoms with Crippen molar-refractivity contribution in [3.8, 4) is 0 Å². The summed E-state index contributed by atoms with van der Waals surface area (Å²) >= 11 is 3.02. The number of Topliss-reactive ketones (excluding diaryl/α,β-unsaturated/α-hetero) is 1. The minimum Gasteiger partial charge on any atom is -0.480 e. The van der Waals surface area contributed by atoms with Gasteiger partial charge in [-0.05, 0) is 40.0 Å². The molecule has 0 spiro atoms. The Kier molecular flexibility index (Phi) is 8.50. The highest BCUT2D eigenvalue weighted by atomic mass is 79.9. The van der Waals surface area contributed by atoms with Gasteiger partial charge in [-0.1, -0.05) is 15.9 Å². The lowest BCUT2D eigenvalue weighted by Crippen LogP contribution is -2.43. The van der Waals surface area contributed by atoms with Gasteiger partial charge in [0.25, 0.3) is 0 Å². The summed E-state index contributed by atoms with van der Waals surface area (Å²) in [5, 5.41) is 11.5. The van der Waals surface area contributed by atoms with Crippen molar-refractivity contribution in [3.05, 3.63) is 0 Å². The molecule has 0 aromatic heterocycles. The summed E-state index contributed by atoms with van der Waals surface area (Å²) in [5.41, 5.74) is 4.94. The van der Waals surface area contributed by atoms with Crippen LogP contribution in [0.4, 0.5) is 4.79 Å². The number of hydrogen-bond donors (Lipinski definition) is 3. The number of hydrogen-bond acceptors (Lipinski definition) is 5. The Morgan fingerprint density at radius 2 is 1.86 bits per heavy atom. The maximum atomic E-state index is 11.5. The predicted octanol–water partition coefficient (Wildman–Crippen LogP) is 1.43. The van der Waals surface area contributed by atoms with E-state index < -0.39 is 29.7 Å². The third kappa shape index (κ3) is 9.41. The van der Waals surface area contributed by atoms with Gasteiger partial charge in [0, 0.05) is 0 Å². The normalized spacial score (nSPS) is 14.1. The van der Waals surface area contributed by atoms with Gasteiger partial charge in [-0.25, -0.2) is 9.59 Å². The second kappa shape index (κ2) is 8.99. The Labute approximate surface area is 132 Å². The number of alkyl carbamates (subject to hydrolysis) is 1. The summed E-state index contributed by atoms with van der Waals surface area (Å²) in [7, 11) is 0. The molecule has 0 aliphatic carbocycles. The number of rotatable bonds is 8. The molecule has 0 aromatic carbocycles. The molecule has 0 aromatic rings. The fraction of sp³-hybridized carbons (Fsp3) is 0.769. The van der Waals surface area contributed by atoms with Crippen molar-refractivity contribution in [1.82, 2.24) is 5.32 Å². The number of carbonyl (C=O) groups is 3. The van der Waals surface area contributed by atoms with Crippen LogP contribution < -0.4 is 11.1 Å². The van der Waals surface area contributed by atoms with Crippen LogP contribution in [0.1, 0.15) is 40.0 Å². The molecular weight excluding hydrogens is 344 g/mol. The smallest absolute Gasteiger partial charge is 0.408 e. The zero-order valence-corrected chi connectivity index (χ0v) is 14.1. The standard InChI is InChI=1S/C13H23BrN2O5/c1-13(2,3)21-12(20)16-9(11(18)19)6-4-5-8(15)10(17)7-14/h8-9H,4-7,15H2,1-3H3,(H,16,20)(H,18,19)/t8?,9-/m0/s1. The average molecular weight is 367 g/mol. The van der Waals surface area contributed by atoms with Crippen LogP contribution in [0.3, 0.4) is 0 Å². The number of alkyl halides is 1. The number of carboxylic acid groups (broad SMARTS) is 1. The van der Waals surface area contributed by atoms with E-state index in [1.807, 2.05) is 0 Å². The van der Waals surface area contributed by atoms with Gasteiger partial charge < -0.3 is 20.9 Å². The fourth-order valence-electron chi connectivity index (χ4n) is 1.51. The molecule has 0 saturated heterocycles. The maximum absolute atomic E-state index is 11.5. The van der Waals surface area contributed by atoms with Crippen LogP contribution in [0.25, 0.3) is 0 Å². The molecule has 21 heavy (non-hydrogen) atoms. The number of amides is 1. The predicted molar refractivity (Wildman–Crippen MR) is 81.4 cm³/mol. The lowest BCUT2D eigenvalue weighted by molar-refractivity contribution is -0.139. The summed E-state index contributed by atoms with van der Waals surface area (Å²) < 4.78 is 5.00. The van der Waals surface area contributed by atoms with Crippen molar-refractivity contribution < 1.29 is 24.2 Å². The quantitative estimate of drug-likeness (QED) is 0.559. The molecule has 8 heteroatoms. The molecule has 4 N–H and O–H groups in total. The first kappa shape index (κ1) is 19.9. The van der Waals surface area contributed by atoms with Gasteiger partial charge in [-0.15, -0.1) is 0 Å². The summed E-state index contributed by atoms with van der Waals surface area (Å²) in [4.78, 5) is 33.9. The number of ether oxygens (including phenoxy) is 1. The molecule has 0 rings (SSSR count). The first-order valence-corrected chi connectivity index (χ1v) is 7.75. The number of aliphatic carboxylic acids is 1. The average Bonchev–Trinajstić information content (AvgIpc) is 2.33. The molecule has 0 saturated carbocycles. The molecule has 0 heterocycles. The van der Waals surface area contributed by atoms with Crippen LogP contribution in [0.5, 0.6) is 0 Å². The second-order valence-electron chi connectivity index (χ2n) is 5.67. The first-order valence-electron chi connectivity index (χ1n) is 6.63. The molecule has 0 bridgehead atoms. The Hall–Kier alpha value is -1.15. The highest BCUT2D eigenvalue weighted by molar-refractivity contribution is 9.09. The summed E-state index contributed by atoms with van der Waals surface area (Å²) in [6, 6.07) is -1.69. The van der Waals surface area contributed by atoms with Crippen LogP contribution in [-0.4, -0.2) is 46.0 Å². The van der Waals surface area contributed by atoms with E-state index in [2.05, 4.69) is 21.2 Å². The molecule has 2 atom stereocenters. The third-order valence-electron chi connectivity index (χ3n) is 2.54. The molecule has 0 radical (unpaired) electrons. The molecule has 1 unspecified atom stereocenters. The Morgan fingerprint density at radius 1 is 1.29 bits per heavy atom. The van der Waals surface area contributed by atoms with Crippen LogP contribution in [0, 0.1) is 0 Å². The molecule has 0 aliphatic rings. The summed E-state index contributed by atoms with van der Waals surface area (Å²) in [6.07, 6.45) is 0.171. The SMILES string of the molecule is CC(C)(C)OC(=O)N[C@@H](CCCC(N)C(=O)CBr)C(=O)O. The van der Waals surface area contributed by atoms with Crippen LogP contribution in [0.2, 0.25) is 0 Å². The third-order valence-corrected chi connectivity index (χ3v) is 3.09. The van der Waals surface area contributed by atoms with E-state index in [4.69, 9.17) is 15.6 Å². The monoisotopic (exact) mass is 366 g/mol. The van der Waals surface area contributed by atoms with Crippen molar-refractivity contribution in [3.63, 3.8) is 0 Å². The van der Waals surface area contributed by atoms with Crippen molar-refractivity contribution in [2.24, 2.45) is 5.73 Å². The van der Waals surface area contributed by atoms with Crippen molar-refractivity contribution >= 4 is 33.8 Å². The number of carboxylic acids is 1. The Bertz CT molecular complexity index is 381. The van der Waals surface area contributed by atoms with Crippen molar-refractivity contribution in [1.29, 1.82) is 0 Å². The minimum atomic E-state index is -1.15. The topological polar surface area (TPSA) is 119 Å². The van der Waals surface area contributed by atoms with Gasteiger partial charge in [-0.2, -0.15) is 0 Å². The summed E-state index contributed by atoms with van der Waals surface area (Å²) in [6.45, 7) is 5.06. The highest BCUT2D eigenvalue weighted by Gasteiger charge is 2.24. The van der Waals surface area contributed by atoms with E-state index in [0.717, 1.165) is 0 Å². The Morgan fingerprint density at radius 3 is 2.29 bits per heavy atom. The molecular formula is C13H23BrN2O5. The molecule has 7 nitrogen and oxygen atoms in total. The number of ketones is 1. The number of nitrogens with one attached hydrogen (secondary N) is 1. The van der Waals surface area contributed by atoms with Gasteiger partial charge in [0.15, 0.2) is 5.78 Å². The maximum Gasteiger partial charge on any atom is 0.408 e. The molecule has 1 amide bonds. The van der Waals surface area contributed by atoms with Crippen molar-refractivity contribution in [2.45, 2.75) is 57.7 Å². The van der Waals surface area contributed by atoms with E-state index in [1.165, 1.54) is 0 Å². The zero-order valence-electron chi connectivity index (χ0n) is 12.5. The van der Waals surface area contributed by atoms with Crippen LogP contribution >= 0.6 is 15.9 Å². The van der Waals surface area contributed by atoms with Gasteiger partial charge >= 0.3 is 12.1 Å². The minimum absolute atomic E-state index is 0.137.